The molecule has 0 saturated heterocycles. The minimum Gasteiger partial charge on any atom is -0.492 e. The first-order valence-electron chi connectivity index (χ1n) is 5.50. The molecule has 1 atom stereocenters. The van der Waals surface area contributed by atoms with Crippen molar-refractivity contribution in [3.63, 3.8) is 0 Å². The number of halogens is 2. The summed E-state index contributed by atoms with van der Waals surface area (Å²) < 4.78 is 6.71. The van der Waals surface area contributed by atoms with Crippen molar-refractivity contribution in [2.45, 2.75) is 12.5 Å². The van der Waals surface area contributed by atoms with Crippen molar-refractivity contribution in [1.29, 1.82) is 0 Å². The molecule has 0 aliphatic heterocycles. The lowest BCUT2D eigenvalue weighted by molar-refractivity contribution is 0.288. The average molecular weight is 347 g/mol. The van der Waals surface area contributed by atoms with E-state index in [4.69, 9.17) is 22.1 Å². The lowest BCUT2D eigenvalue weighted by Gasteiger charge is -2.12. The van der Waals surface area contributed by atoms with E-state index < -0.39 is 0 Å². The Kier molecular flexibility index (Phi) is 5.06. The molecule has 0 bridgehead atoms. The molecular weight excluding hydrogens is 334 g/mol. The summed E-state index contributed by atoms with van der Waals surface area (Å²) in [5.74, 6) is 0.755. The minimum absolute atomic E-state index is 0.0190. The molecule has 0 radical (unpaired) electrons. The van der Waals surface area contributed by atoms with Crippen LogP contribution in [0.5, 0.6) is 5.75 Å². The monoisotopic (exact) mass is 345 g/mol. The fraction of sp³-hybridized carbons (Fsp3) is 0.231. The van der Waals surface area contributed by atoms with E-state index in [1.165, 1.54) is 4.88 Å². The first-order chi connectivity index (χ1) is 8.63. The van der Waals surface area contributed by atoms with Gasteiger partial charge in [0.05, 0.1) is 0 Å². The SMILES string of the molecule is NC(COc1cccc(Cl)c1)Cc1cc(Br)cs1. The Bertz CT molecular complexity index is 517. The number of ether oxygens (including phenoxy) is 1. The van der Waals surface area contributed by atoms with Crippen molar-refractivity contribution in [3.05, 3.63) is 50.1 Å². The number of hydrogen-bond donors (Lipinski definition) is 1. The second-order valence-electron chi connectivity index (χ2n) is 3.96. The fourth-order valence-electron chi connectivity index (χ4n) is 1.54. The Morgan fingerprint density at radius 2 is 2.22 bits per heavy atom. The molecule has 0 amide bonds. The molecule has 18 heavy (non-hydrogen) atoms. The number of rotatable bonds is 5. The van der Waals surface area contributed by atoms with E-state index in [9.17, 15) is 0 Å². The Morgan fingerprint density at radius 3 is 2.89 bits per heavy atom. The number of nitrogens with two attached hydrogens (primary N) is 1. The second kappa shape index (κ2) is 6.57. The lowest BCUT2D eigenvalue weighted by atomic mass is 10.2. The van der Waals surface area contributed by atoms with Gasteiger partial charge in [-0.25, -0.2) is 0 Å². The van der Waals surface area contributed by atoms with Gasteiger partial charge < -0.3 is 10.5 Å². The Morgan fingerprint density at radius 1 is 1.39 bits per heavy atom. The van der Waals surface area contributed by atoms with Crippen molar-refractivity contribution in [2.24, 2.45) is 5.73 Å². The van der Waals surface area contributed by atoms with Gasteiger partial charge in [0.1, 0.15) is 12.4 Å². The third-order valence-electron chi connectivity index (χ3n) is 2.35. The summed E-state index contributed by atoms with van der Waals surface area (Å²) >= 11 is 11.0. The van der Waals surface area contributed by atoms with Crippen LogP contribution in [0.4, 0.5) is 0 Å². The third-order valence-corrected chi connectivity index (χ3v) is 4.30. The molecule has 2 nitrogen and oxygen atoms in total. The maximum absolute atomic E-state index is 6.03. The summed E-state index contributed by atoms with van der Waals surface area (Å²) in [6.07, 6.45) is 0.816. The highest BCUT2D eigenvalue weighted by Crippen LogP contribution is 2.21. The Labute approximate surface area is 124 Å². The van der Waals surface area contributed by atoms with Crippen molar-refractivity contribution in [2.75, 3.05) is 6.61 Å². The van der Waals surface area contributed by atoms with Gasteiger partial charge in [-0.15, -0.1) is 11.3 Å². The van der Waals surface area contributed by atoms with E-state index in [-0.39, 0.29) is 6.04 Å². The van der Waals surface area contributed by atoms with Crippen LogP contribution < -0.4 is 10.5 Å². The largest absolute Gasteiger partial charge is 0.492 e. The van der Waals surface area contributed by atoms with Crippen molar-refractivity contribution >= 4 is 38.9 Å². The molecule has 1 unspecified atom stereocenters. The average Bonchev–Trinajstić information content (AvgIpc) is 2.72. The van der Waals surface area contributed by atoms with Crippen LogP contribution in [0.3, 0.4) is 0 Å². The normalized spacial score (nSPS) is 12.4. The van der Waals surface area contributed by atoms with E-state index in [1.807, 2.05) is 18.2 Å². The molecule has 1 aromatic carbocycles. The summed E-state index contributed by atoms with van der Waals surface area (Å²) in [4.78, 5) is 1.25. The van der Waals surface area contributed by atoms with Gasteiger partial charge in [0.2, 0.25) is 0 Å². The molecule has 2 rings (SSSR count). The summed E-state index contributed by atoms with van der Waals surface area (Å²) in [7, 11) is 0. The van der Waals surface area contributed by atoms with Crippen LogP contribution in [0.25, 0.3) is 0 Å². The molecule has 0 saturated carbocycles. The molecular formula is C13H13BrClNOS. The second-order valence-corrected chi connectivity index (χ2v) is 6.31. The van der Waals surface area contributed by atoms with Crippen LogP contribution in [0, 0.1) is 0 Å². The van der Waals surface area contributed by atoms with Crippen molar-refractivity contribution in [1.82, 2.24) is 0 Å². The van der Waals surface area contributed by atoms with Gasteiger partial charge in [-0.1, -0.05) is 17.7 Å². The van der Waals surface area contributed by atoms with Crippen molar-refractivity contribution in [3.8, 4) is 5.75 Å². The number of benzene rings is 1. The van der Waals surface area contributed by atoms with E-state index in [0.29, 0.717) is 11.6 Å². The van der Waals surface area contributed by atoms with Crippen LogP contribution >= 0.6 is 38.9 Å². The number of thiophene rings is 1. The fourth-order valence-corrected chi connectivity index (χ4v) is 3.26. The van der Waals surface area contributed by atoms with E-state index in [0.717, 1.165) is 16.6 Å². The highest BCUT2D eigenvalue weighted by atomic mass is 79.9. The molecule has 2 aromatic rings. The molecule has 96 valence electrons. The molecule has 0 spiro atoms. The Balaban J connectivity index is 1.83. The topological polar surface area (TPSA) is 35.2 Å². The predicted molar refractivity (Wildman–Crippen MR) is 80.6 cm³/mol. The van der Waals surface area contributed by atoms with Gasteiger partial charge in [0.15, 0.2) is 0 Å². The minimum atomic E-state index is -0.0190. The molecule has 1 heterocycles. The zero-order valence-corrected chi connectivity index (χ0v) is 12.8. The highest BCUT2D eigenvalue weighted by Gasteiger charge is 2.07. The maximum atomic E-state index is 6.03. The van der Waals surface area contributed by atoms with Crippen LogP contribution in [-0.2, 0) is 6.42 Å². The predicted octanol–water partition coefficient (Wildman–Crippen LogP) is 4.11. The van der Waals surface area contributed by atoms with E-state index >= 15 is 0 Å². The zero-order valence-electron chi connectivity index (χ0n) is 9.61. The van der Waals surface area contributed by atoms with Crippen LogP contribution in [0.15, 0.2) is 40.2 Å². The molecule has 5 heteroatoms. The van der Waals surface area contributed by atoms with Crippen LogP contribution in [0.2, 0.25) is 5.02 Å². The smallest absolute Gasteiger partial charge is 0.120 e. The quantitative estimate of drug-likeness (QED) is 0.884. The molecule has 1 aromatic heterocycles. The molecule has 0 aliphatic carbocycles. The first-order valence-corrected chi connectivity index (χ1v) is 7.55. The van der Waals surface area contributed by atoms with Gasteiger partial charge in [-0.3, -0.25) is 0 Å². The summed E-state index contributed by atoms with van der Waals surface area (Å²) in [6.45, 7) is 0.482. The van der Waals surface area contributed by atoms with E-state index in [2.05, 4.69) is 27.4 Å². The summed E-state index contributed by atoms with van der Waals surface area (Å²) in [5, 5.41) is 2.73. The zero-order chi connectivity index (χ0) is 13.0. The summed E-state index contributed by atoms with van der Waals surface area (Å²) in [5.41, 5.74) is 6.03. The van der Waals surface area contributed by atoms with Crippen LogP contribution in [-0.4, -0.2) is 12.6 Å². The van der Waals surface area contributed by atoms with Gasteiger partial charge in [0, 0.05) is 32.2 Å². The van der Waals surface area contributed by atoms with Crippen LogP contribution in [0.1, 0.15) is 4.88 Å². The first kappa shape index (κ1) is 13.9. The van der Waals surface area contributed by atoms with Gasteiger partial charge in [-0.2, -0.15) is 0 Å². The standard InChI is InChI=1S/C13H13BrClNOS/c14-9-4-13(18-8-9)6-11(16)7-17-12-3-1-2-10(15)5-12/h1-5,8,11H,6-7,16H2. The number of hydrogen-bond acceptors (Lipinski definition) is 3. The Hall–Kier alpha value is -0.550. The lowest BCUT2D eigenvalue weighted by Crippen LogP contribution is -2.29. The van der Waals surface area contributed by atoms with Gasteiger partial charge in [0.25, 0.3) is 0 Å². The van der Waals surface area contributed by atoms with Crippen molar-refractivity contribution < 1.29 is 4.74 Å². The maximum Gasteiger partial charge on any atom is 0.120 e. The van der Waals surface area contributed by atoms with Gasteiger partial charge >= 0.3 is 0 Å². The highest BCUT2D eigenvalue weighted by molar-refractivity contribution is 9.10. The summed E-state index contributed by atoms with van der Waals surface area (Å²) in [6, 6.07) is 9.41. The van der Waals surface area contributed by atoms with Gasteiger partial charge in [-0.05, 0) is 40.2 Å². The molecule has 0 aliphatic rings. The molecule has 2 N–H and O–H groups in total. The molecule has 0 fully saturated rings. The third kappa shape index (κ3) is 4.28. The van der Waals surface area contributed by atoms with E-state index in [1.54, 1.807) is 17.4 Å².